The molecule has 98 valence electrons. The molecule has 0 atom stereocenters. The van der Waals surface area contributed by atoms with Crippen molar-refractivity contribution in [2.45, 2.75) is 20.8 Å². The summed E-state index contributed by atoms with van der Waals surface area (Å²) < 4.78 is 0. The number of rotatable bonds is 2. The Kier molecular flexibility index (Phi) is 3.56. The van der Waals surface area contributed by atoms with Gasteiger partial charge in [0.1, 0.15) is 0 Å². The third-order valence-electron chi connectivity index (χ3n) is 3.17. The predicted octanol–water partition coefficient (Wildman–Crippen LogP) is 3.45. The Bertz CT molecular complexity index is 633. The number of amides is 1. The quantitative estimate of drug-likeness (QED) is 0.806. The van der Waals surface area contributed by atoms with Crippen molar-refractivity contribution < 1.29 is 4.79 Å². The van der Waals surface area contributed by atoms with Crippen LogP contribution >= 0.6 is 0 Å². The van der Waals surface area contributed by atoms with E-state index in [0.717, 1.165) is 16.8 Å². The summed E-state index contributed by atoms with van der Waals surface area (Å²) in [4.78, 5) is 12.1. The minimum atomic E-state index is -0.140. The molecule has 0 unspecified atom stereocenters. The highest BCUT2D eigenvalue weighted by atomic mass is 16.1. The number of aryl methyl sites for hydroxylation is 3. The monoisotopic (exact) mass is 254 g/mol. The fourth-order valence-electron chi connectivity index (χ4n) is 1.93. The molecule has 0 aliphatic heterocycles. The molecule has 2 aromatic rings. The van der Waals surface area contributed by atoms with Gasteiger partial charge in [-0.2, -0.15) is 0 Å². The van der Waals surface area contributed by atoms with Crippen molar-refractivity contribution in [3.05, 3.63) is 58.7 Å². The van der Waals surface area contributed by atoms with Crippen molar-refractivity contribution in [1.82, 2.24) is 0 Å². The van der Waals surface area contributed by atoms with Crippen LogP contribution in [0.1, 0.15) is 27.0 Å². The van der Waals surface area contributed by atoms with Crippen molar-refractivity contribution in [2.75, 3.05) is 11.1 Å². The average molecular weight is 254 g/mol. The number of nitrogens with one attached hydrogen (secondary N) is 1. The van der Waals surface area contributed by atoms with Crippen molar-refractivity contribution in [2.24, 2.45) is 0 Å². The first-order chi connectivity index (χ1) is 8.97. The average Bonchev–Trinajstić information content (AvgIpc) is 2.36. The lowest BCUT2D eigenvalue weighted by Gasteiger charge is -2.10. The van der Waals surface area contributed by atoms with E-state index in [2.05, 4.69) is 5.32 Å². The summed E-state index contributed by atoms with van der Waals surface area (Å²) in [6.45, 7) is 5.92. The van der Waals surface area contributed by atoms with Gasteiger partial charge in [0, 0.05) is 16.9 Å². The Morgan fingerprint density at radius 2 is 1.74 bits per heavy atom. The molecule has 0 bridgehead atoms. The van der Waals surface area contributed by atoms with Crippen LogP contribution < -0.4 is 11.1 Å². The summed E-state index contributed by atoms with van der Waals surface area (Å²) in [5.41, 5.74) is 11.1. The normalized spacial score (nSPS) is 10.3. The molecule has 0 radical (unpaired) electrons. The van der Waals surface area contributed by atoms with Crippen LogP contribution in [0.15, 0.2) is 36.4 Å². The molecule has 0 heterocycles. The number of nitrogens with two attached hydrogens (primary N) is 1. The van der Waals surface area contributed by atoms with E-state index in [1.54, 1.807) is 12.1 Å². The van der Waals surface area contributed by atoms with E-state index in [1.807, 2.05) is 45.0 Å². The van der Waals surface area contributed by atoms with Gasteiger partial charge in [-0.15, -0.1) is 0 Å². The topological polar surface area (TPSA) is 55.1 Å². The van der Waals surface area contributed by atoms with E-state index in [0.29, 0.717) is 11.3 Å². The molecule has 0 aromatic heterocycles. The molecule has 19 heavy (non-hydrogen) atoms. The number of carbonyl (C=O) groups is 1. The number of anilines is 2. The first kappa shape index (κ1) is 13.1. The summed E-state index contributed by atoms with van der Waals surface area (Å²) in [5, 5.41) is 2.91. The SMILES string of the molecule is Cc1ccc(NC(=O)c2ccc(C)c(N)c2)c(C)c1. The second-order valence-corrected chi connectivity index (χ2v) is 4.84. The highest BCUT2D eigenvalue weighted by molar-refractivity contribution is 6.05. The fourth-order valence-corrected chi connectivity index (χ4v) is 1.93. The minimum absolute atomic E-state index is 0.140. The van der Waals surface area contributed by atoms with Gasteiger partial charge in [0.05, 0.1) is 0 Å². The third kappa shape index (κ3) is 2.94. The van der Waals surface area contributed by atoms with Crippen molar-refractivity contribution in [3.63, 3.8) is 0 Å². The number of nitrogen functional groups attached to an aromatic ring is 1. The van der Waals surface area contributed by atoms with Crippen LogP contribution in [0.3, 0.4) is 0 Å². The van der Waals surface area contributed by atoms with Gasteiger partial charge < -0.3 is 11.1 Å². The number of hydrogen-bond donors (Lipinski definition) is 2. The maximum absolute atomic E-state index is 12.1. The molecule has 2 rings (SSSR count). The fraction of sp³-hybridized carbons (Fsp3) is 0.188. The second-order valence-electron chi connectivity index (χ2n) is 4.84. The molecule has 0 fully saturated rings. The molecule has 0 saturated carbocycles. The van der Waals surface area contributed by atoms with Gasteiger partial charge in [0.15, 0.2) is 0 Å². The van der Waals surface area contributed by atoms with Crippen LogP contribution in [0, 0.1) is 20.8 Å². The van der Waals surface area contributed by atoms with E-state index < -0.39 is 0 Å². The van der Waals surface area contributed by atoms with Gasteiger partial charge in [0.2, 0.25) is 0 Å². The molecular weight excluding hydrogens is 236 g/mol. The molecule has 0 aliphatic carbocycles. The van der Waals surface area contributed by atoms with E-state index in [9.17, 15) is 4.79 Å². The van der Waals surface area contributed by atoms with Crippen LogP contribution in [0.2, 0.25) is 0 Å². The van der Waals surface area contributed by atoms with Gasteiger partial charge in [-0.3, -0.25) is 4.79 Å². The number of carbonyl (C=O) groups excluding carboxylic acids is 1. The van der Waals surface area contributed by atoms with Crippen LogP contribution in [-0.4, -0.2) is 5.91 Å². The van der Waals surface area contributed by atoms with Gasteiger partial charge in [-0.05, 0) is 50.1 Å². The largest absolute Gasteiger partial charge is 0.398 e. The van der Waals surface area contributed by atoms with E-state index in [1.165, 1.54) is 5.56 Å². The first-order valence-electron chi connectivity index (χ1n) is 6.22. The van der Waals surface area contributed by atoms with E-state index in [-0.39, 0.29) is 5.91 Å². The van der Waals surface area contributed by atoms with Crippen LogP contribution in [0.5, 0.6) is 0 Å². The van der Waals surface area contributed by atoms with Crippen molar-refractivity contribution >= 4 is 17.3 Å². The summed E-state index contributed by atoms with van der Waals surface area (Å²) in [6, 6.07) is 11.3. The molecule has 0 spiro atoms. The maximum Gasteiger partial charge on any atom is 0.255 e. The zero-order valence-corrected chi connectivity index (χ0v) is 11.4. The first-order valence-corrected chi connectivity index (χ1v) is 6.22. The minimum Gasteiger partial charge on any atom is -0.398 e. The molecule has 3 N–H and O–H groups in total. The zero-order valence-electron chi connectivity index (χ0n) is 11.4. The molecule has 3 nitrogen and oxygen atoms in total. The van der Waals surface area contributed by atoms with Gasteiger partial charge in [0.25, 0.3) is 5.91 Å². The van der Waals surface area contributed by atoms with Crippen LogP contribution in [-0.2, 0) is 0 Å². The molecule has 0 aliphatic rings. The zero-order chi connectivity index (χ0) is 14.0. The molecule has 3 heteroatoms. The van der Waals surface area contributed by atoms with Crippen LogP contribution in [0.25, 0.3) is 0 Å². The Hall–Kier alpha value is -2.29. The molecule has 2 aromatic carbocycles. The predicted molar refractivity (Wildman–Crippen MR) is 79.5 cm³/mol. The molecular formula is C16H18N2O. The highest BCUT2D eigenvalue weighted by Gasteiger charge is 2.08. The van der Waals surface area contributed by atoms with Crippen LogP contribution in [0.4, 0.5) is 11.4 Å². The Morgan fingerprint density at radius 1 is 1.00 bits per heavy atom. The number of benzene rings is 2. The Labute approximate surface area is 113 Å². The van der Waals surface area contributed by atoms with Gasteiger partial charge >= 0.3 is 0 Å². The summed E-state index contributed by atoms with van der Waals surface area (Å²) in [5.74, 6) is -0.140. The van der Waals surface area contributed by atoms with E-state index in [4.69, 9.17) is 5.73 Å². The summed E-state index contributed by atoms with van der Waals surface area (Å²) in [6.07, 6.45) is 0. The Morgan fingerprint density at radius 3 is 2.37 bits per heavy atom. The standard InChI is InChI=1S/C16H18N2O/c1-10-4-7-15(12(3)8-10)18-16(19)13-6-5-11(2)14(17)9-13/h4-9H,17H2,1-3H3,(H,18,19). The lowest BCUT2D eigenvalue weighted by molar-refractivity contribution is 0.102. The highest BCUT2D eigenvalue weighted by Crippen LogP contribution is 2.18. The Balaban J connectivity index is 2.23. The van der Waals surface area contributed by atoms with E-state index >= 15 is 0 Å². The van der Waals surface area contributed by atoms with Gasteiger partial charge in [-0.1, -0.05) is 23.8 Å². The summed E-state index contributed by atoms with van der Waals surface area (Å²) >= 11 is 0. The van der Waals surface area contributed by atoms with Crippen molar-refractivity contribution in [3.8, 4) is 0 Å². The summed E-state index contributed by atoms with van der Waals surface area (Å²) in [7, 11) is 0. The van der Waals surface area contributed by atoms with Gasteiger partial charge in [-0.25, -0.2) is 0 Å². The number of hydrogen-bond acceptors (Lipinski definition) is 2. The lowest BCUT2D eigenvalue weighted by Crippen LogP contribution is -2.13. The van der Waals surface area contributed by atoms with Crippen molar-refractivity contribution in [1.29, 1.82) is 0 Å². The third-order valence-corrected chi connectivity index (χ3v) is 3.17. The second kappa shape index (κ2) is 5.14. The molecule has 1 amide bonds. The molecule has 0 saturated heterocycles. The smallest absolute Gasteiger partial charge is 0.255 e. The lowest BCUT2D eigenvalue weighted by atomic mass is 10.1. The maximum atomic E-state index is 12.1.